The highest BCUT2D eigenvalue weighted by molar-refractivity contribution is 5.92. The highest BCUT2D eigenvalue weighted by Gasteiger charge is 2.22. The number of nitrogens with one attached hydrogen (secondary N) is 1. The van der Waals surface area contributed by atoms with Crippen LogP contribution in [0.4, 0.5) is 0 Å². The lowest BCUT2D eigenvalue weighted by Gasteiger charge is -2.12. The van der Waals surface area contributed by atoms with Crippen molar-refractivity contribution in [2.75, 3.05) is 7.11 Å². The molecule has 0 fully saturated rings. The van der Waals surface area contributed by atoms with E-state index in [9.17, 15) is 9.90 Å². The number of nitrogens with zero attached hydrogens (tertiary/aromatic N) is 2. The molecular weight excluding hydrogens is 366 g/mol. The fourth-order valence-corrected chi connectivity index (χ4v) is 3.69. The molecule has 6 nitrogen and oxygen atoms in total. The van der Waals surface area contributed by atoms with Crippen molar-refractivity contribution >= 4 is 12.0 Å². The van der Waals surface area contributed by atoms with Crippen molar-refractivity contribution < 1.29 is 14.6 Å². The van der Waals surface area contributed by atoms with Gasteiger partial charge in [0.15, 0.2) is 0 Å². The number of benzene rings is 2. The van der Waals surface area contributed by atoms with Crippen LogP contribution in [0.5, 0.6) is 5.75 Å². The second kappa shape index (κ2) is 8.32. The highest BCUT2D eigenvalue weighted by atomic mass is 16.5. The molecule has 1 aliphatic carbocycles. The topological polar surface area (TPSA) is 76.4 Å². The summed E-state index contributed by atoms with van der Waals surface area (Å²) in [6.45, 7) is -0.114. The van der Waals surface area contributed by atoms with Crippen LogP contribution in [-0.2, 0) is 17.8 Å². The molecule has 0 spiro atoms. The minimum Gasteiger partial charge on any atom is -0.495 e. The first-order valence-electron chi connectivity index (χ1n) is 9.56. The minimum atomic E-state index is -0.114. The summed E-state index contributed by atoms with van der Waals surface area (Å²) >= 11 is 0. The number of amides is 1. The highest BCUT2D eigenvalue weighted by Crippen LogP contribution is 2.30. The number of aromatic nitrogens is 2. The maximum absolute atomic E-state index is 12.4. The second-order valence-corrected chi connectivity index (χ2v) is 6.99. The van der Waals surface area contributed by atoms with Crippen LogP contribution in [0.15, 0.2) is 61.1 Å². The Morgan fingerprint density at radius 2 is 2.21 bits per heavy atom. The van der Waals surface area contributed by atoms with Crippen molar-refractivity contribution in [3.63, 3.8) is 0 Å². The van der Waals surface area contributed by atoms with Crippen LogP contribution in [0.2, 0.25) is 0 Å². The van der Waals surface area contributed by atoms with Crippen LogP contribution < -0.4 is 10.1 Å². The number of hydrogen-bond donors (Lipinski definition) is 2. The summed E-state index contributed by atoms with van der Waals surface area (Å²) in [4.78, 5) is 16.5. The molecule has 3 aromatic rings. The van der Waals surface area contributed by atoms with Gasteiger partial charge < -0.3 is 19.7 Å². The summed E-state index contributed by atoms with van der Waals surface area (Å²) in [7, 11) is 1.60. The molecule has 0 saturated heterocycles. The summed E-state index contributed by atoms with van der Waals surface area (Å²) < 4.78 is 7.29. The number of rotatable bonds is 6. The number of carbonyl (C=O) groups is 1. The molecule has 0 aliphatic heterocycles. The third-order valence-corrected chi connectivity index (χ3v) is 5.16. The normalized spacial score (nSPS) is 15.4. The van der Waals surface area contributed by atoms with E-state index in [0.29, 0.717) is 11.4 Å². The van der Waals surface area contributed by atoms with Gasteiger partial charge in [0.25, 0.3) is 0 Å². The van der Waals surface area contributed by atoms with E-state index in [2.05, 4.69) is 22.4 Å². The number of aliphatic hydroxyl groups excluding tert-OH is 1. The molecule has 29 heavy (non-hydrogen) atoms. The summed E-state index contributed by atoms with van der Waals surface area (Å²) in [5.41, 5.74) is 4.77. The molecule has 1 aliphatic rings. The molecule has 6 heteroatoms. The van der Waals surface area contributed by atoms with E-state index in [-0.39, 0.29) is 18.6 Å². The standard InChI is InChI=1S/C23H23N3O3/c1-29-22-12-16(6-10-21(22)26-13-18(14-27)24-15-26)7-11-23(28)25-20-9-8-17-4-2-3-5-19(17)20/h2-7,10-13,15,20,27H,8-9,14H2,1H3,(H,25,28). The summed E-state index contributed by atoms with van der Waals surface area (Å²) in [5.74, 6) is 0.538. The predicted octanol–water partition coefficient (Wildman–Crippen LogP) is 3.19. The first-order valence-corrected chi connectivity index (χ1v) is 9.56. The lowest BCUT2D eigenvalue weighted by atomic mass is 10.1. The van der Waals surface area contributed by atoms with E-state index in [0.717, 1.165) is 24.1 Å². The average Bonchev–Trinajstić information content (AvgIpc) is 3.39. The van der Waals surface area contributed by atoms with Gasteiger partial charge in [0.05, 0.1) is 37.5 Å². The van der Waals surface area contributed by atoms with Crippen molar-refractivity contribution in [1.82, 2.24) is 14.9 Å². The van der Waals surface area contributed by atoms with Gasteiger partial charge in [-0.1, -0.05) is 30.3 Å². The molecule has 1 heterocycles. The fourth-order valence-electron chi connectivity index (χ4n) is 3.69. The van der Waals surface area contributed by atoms with E-state index in [1.807, 2.05) is 30.3 Å². The van der Waals surface area contributed by atoms with Crippen LogP contribution in [-0.4, -0.2) is 27.7 Å². The predicted molar refractivity (Wildman–Crippen MR) is 111 cm³/mol. The van der Waals surface area contributed by atoms with Gasteiger partial charge in [-0.3, -0.25) is 4.79 Å². The average molecular weight is 389 g/mol. The van der Waals surface area contributed by atoms with Crippen LogP contribution >= 0.6 is 0 Å². The number of hydrogen-bond acceptors (Lipinski definition) is 4. The Morgan fingerprint density at radius 1 is 1.34 bits per heavy atom. The summed E-state index contributed by atoms with van der Waals surface area (Å²) in [6, 6.07) is 14.0. The number of ether oxygens (including phenoxy) is 1. The number of methoxy groups -OCH3 is 1. The van der Waals surface area contributed by atoms with E-state index in [4.69, 9.17) is 4.74 Å². The second-order valence-electron chi connectivity index (χ2n) is 6.99. The lowest BCUT2D eigenvalue weighted by molar-refractivity contribution is -0.117. The Labute approximate surface area is 169 Å². The zero-order chi connectivity index (χ0) is 20.2. The van der Waals surface area contributed by atoms with Gasteiger partial charge in [-0.05, 0) is 47.7 Å². The van der Waals surface area contributed by atoms with Crippen LogP contribution in [0.1, 0.15) is 34.8 Å². The van der Waals surface area contributed by atoms with Crippen molar-refractivity contribution in [2.24, 2.45) is 0 Å². The Balaban J connectivity index is 1.46. The number of imidazole rings is 1. The zero-order valence-corrected chi connectivity index (χ0v) is 16.2. The number of aryl methyl sites for hydroxylation is 1. The first kappa shape index (κ1) is 19.0. The quantitative estimate of drug-likeness (QED) is 0.635. The third-order valence-electron chi connectivity index (χ3n) is 5.16. The Morgan fingerprint density at radius 3 is 3.00 bits per heavy atom. The Kier molecular flexibility index (Phi) is 5.44. The van der Waals surface area contributed by atoms with Crippen molar-refractivity contribution in [3.05, 3.63) is 83.4 Å². The van der Waals surface area contributed by atoms with Crippen LogP contribution in [0.3, 0.4) is 0 Å². The molecule has 0 saturated carbocycles. The van der Waals surface area contributed by atoms with Gasteiger partial charge in [-0.25, -0.2) is 4.98 Å². The number of aliphatic hydroxyl groups is 1. The van der Waals surface area contributed by atoms with Gasteiger partial charge in [0, 0.05) is 12.3 Å². The molecule has 4 rings (SSSR count). The smallest absolute Gasteiger partial charge is 0.244 e. The maximum atomic E-state index is 12.4. The number of fused-ring (bicyclic) bond motifs is 1. The van der Waals surface area contributed by atoms with Gasteiger partial charge >= 0.3 is 0 Å². The monoisotopic (exact) mass is 389 g/mol. The van der Waals surface area contributed by atoms with Gasteiger partial charge in [-0.2, -0.15) is 0 Å². The molecular formula is C23H23N3O3. The van der Waals surface area contributed by atoms with Gasteiger partial charge in [-0.15, -0.1) is 0 Å². The minimum absolute atomic E-state index is 0.0715. The Hall–Kier alpha value is -3.38. The summed E-state index contributed by atoms with van der Waals surface area (Å²) in [5, 5.41) is 12.3. The third kappa shape index (κ3) is 4.07. The fraction of sp³-hybridized carbons (Fsp3) is 0.217. The maximum Gasteiger partial charge on any atom is 0.244 e. The molecule has 1 atom stereocenters. The molecule has 0 radical (unpaired) electrons. The molecule has 1 aromatic heterocycles. The zero-order valence-electron chi connectivity index (χ0n) is 16.2. The Bertz CT molecular complexity index is 1060. The number of carbonyl (C=O) groups excluding carboxylic acids is 1. The molecule has 2 aromatic carbocycles. The molecule has 1 unspecified atom stereocenters. The van der Waals surface area contributed by atoms with Crippen molar-refractivity contribution in [3.8, 4) is 11.4 Å². The van der Waals surface area contributed by atoms with Crippen molar-refractivity contribution in [2.45, 2.75) is 25.5 Å². The van der Waals surface area contributed by atoms with E-state index in [1.165, 1.54) is 11.1 Å². The van der Waals surface area contributed by atoms with Gasteiger partial charge in [0.2, 0.25) is 5.91 Å². The van der Waals surface area contributed by atoms with E-state index >= 15 is 0 Å². The SMILES string of the molecule is COc1cc(C=CC(=O)NC2CCc3ccccc32)ccc1-n1cnc(CO)c1. The molecule has 1 amide bonds. The van der Waals surface area contributed by atoms with E-state index < -0.39 is 0 Å². The molecule has 0 bridgehead atoms. The lowest BCUT2D eigenvalue weighted by Crippen LogP contribution is -2.25. The van der Waals surface area contributed by atoms with Crippen molar-refractivity contribution in [1.29, 1.82) is 0 Å². The first-order chi connectivity index (χ1) is 14.2. The largest absolute Gasteiger partial charge is 0.495 e. The van der Waals surface area contributed by atoms with Crippen LogP contribution in [0.25, 0.3) is 11.8 Å². The van der Waals surface area contributed by atoms with Crippen LogP contribution in [0, 0.1) is 0 Å². The van der Waals surface area contributed by atoms with E-state index in [1.54, 1.807) is 36.4 Å². The summed E-state index contributed by atoms with van der Waals surface area (Å²) in [6.07, 6.45) is 8.63. The van der Waals surface area contributed by atoms with Gasteiger partial charge in [0.1, 0.15) is 5.75 Å². The molecule has 148 valence electrons. The molecule has 2 N–H and O–H groups in total.